The Balaban J connectivity index is 1.66. The van der Waals surface area contributed by atoms with Crippen molar-refractivity contribution in [2.24, 2.45) is 0 Å². The van der Waals surface area contributed by atoms with Crippen molar-refractivity contribution in [3.63, 3.8) is 0 Å². The van der Waals surface area contributed by atoms with E-state index in [1.807, 2.05) is 62.4 Å². The molecule has 1 heterocycles. The van der Waals surface area contributed by atoms with Crippen LogP contribution in [0.15, 0.2) is 48.5 Å². The second kappa shape index (κ2) is 9.08. The van der Waals surface area contributed by atoms with Gasteiger partial charge in [-0.05, 0) is 25.0 Å². The number of aromatic nitrogens is 2. The summed E-state index contributed by atoms with van der Waals surface area (Å²) < 4.78 is 11.3. The molecular formula is C22H25N3O3. The summed E-state index contributed by atoms with van der Waals surface area (Å²) in [7, 11) is 1.59. The van der Waals surface area contributed by atoms with Crippen LogP contribution in [0.5, 0.6) is 11.5 Å². The first-order valence-electron chi connectivity index (χ1n) is 9.28. The maximum Gasteiger partial charge on any atom is 0.229 e. The Hall–Kier alpha value is -3.28. The summed E-state index contributed by atoms with van der Waals surface area (Å²) in [4.78, 5) is 12.5. The van der Waals surface area contributed by atoms with Crippen molar-refractivity contribution in [2.75, 3.05) is 12.4 Å². The molecule has 1 amide bonds. The Kier molecular flexibility index (Phi) is 6.32. The lowest BCUT2D eigenvalue weighted by atomic mass is 10.1. The van der Waals surface area contributed by atoms with Gasteiger partial charge in [0.1, 0.15) is 18.1 Å². The Bertz CT molecular complexity index is 935. The normalized spacial score (nSPS) is 10.5. The van der Waals surface area contributed by atoms with Crippen LogP contribution in [0.1, 0.15) is 29.4 Å². The highest BCUT2D eigenvalue weighted by molar-refractivity contribution is 5.93. The van der Waals surface area contributed by atoms with Gasteiger partial charge in [0.05, 0.1) is 30.6 Å². The molecule has 0 saturated carbocycles. The van der Waals surface area contributed by atoms with Crippen LogP contribution < -0.4 is 14.8 Å². The molecule has 0 unspecified atom stereocenters. The molecule has 1 aromatic heterocycles. The summed E-state index contributed by atoms with van der Waals surface area (Å²) >= 11 is 0. The number of hydrogen-bond acceptors (Lipinski definition) is 4. The van der Waals surface area contributed by atoms with E-state index in [-0.39, 0.29) is 12.3 Å². The fraction of sp³-hybridized carbons (Fsp3) is 0.273. The number of aryl methyl sites for hydroxylation is 2. The average Bonchev–Trinajstić information content (AvgIpc) is 3.07. The highest BCUT2D eigenvalue weighted by Crippen LogP contribution is 2.26. The van der Waals surface area contributed by atoms with Crippen LogP contribution in [0.4, 0.5) is 5.69 Å². The van der Waals surface area contributed by atoms with E-state index in [9.17, 15) is 4.79 Å². The lowest BCUT2D eigenvalue weighted by molar-refractivity contribution is -0.115. The van der Waals surface area contributed by atoms with Gasteiger partial charge < -0.3 is 14.8 Å². The summed E-state index contributed by atoms with van der Waals surface area (Å²) in [5.74, 6) is 1.21. The maximum atomic E-state index is 12.5. The molecule has 3 aromatic rings. The first kappa shape index (κ1) is 19.5. The zero-order chi connectivity index (χ0) is 19.9. The predicted molar refractivity (Wildman–Crippen MR) is 109 cm³/mol. The first-order chi connectivity index (χ1) is 13.6. The third-order valence-corrected chi connectivity index (χ3v) is 4.48. The molecule has 0 saturated heterocycles. The van der Waals surface area contributed by atoms with Gasteiger partial charge in [0.15, 0.2) is 0 Å². The summed E-state index contributed by atoms with van der Waals surface area (Å²) in [6.07, 6.45) is 0.951. The number of amides is 1. The number of rotatable bonds is 8. The number of nitrogens with zero attached hydrogens (tertiary/aromatic N) is 1. The quantitative estimate of drug-likeness (QED) is 0.619. The van der Waals surface area contributed by atoms with E-state index in [0.29, 0.717) is 18.1 Å². The molecule has 0 aliphatic heterocycles. The molecule has 0 bridgehead atoms. The molecule has 146 valence electrons. The number of aromatic amines is 1. The minimum Gasteiger partial charge on any atom is -0.496 e. The number of ether oxygens (including phenoxy) is 2. The third-order valence-electron chi connectivity index (χ3n) is 4.48. The van der Waals surface area contributed by atoms with Crippen LogP contribution >= 0.6 is 0 Å². The van der Waals surface area contributed by atoms with Gasteiger partial charge >= 0.3 is 0 Å². The Morgan fingerprint density at radius 3 is 2.68 bits per heavy atom. The van der Waals surface area contributed by atoms with Crippen molar-refractivity contribution in [3.05, 3.63) is 71.0 Å². The molecule has 0 aliphatic rings. The van der Waals surface area contributed by atoms with E-state index in [2.05, 4.69) is 15.5 Å². The standard InChI is InChI=1S/C22H25N3O3/c1-4-19-22(15(2)24-25-19)23-21(26)12-17-10-11-18(13-20(17)27-3)28-14-16-8-6-5-7-9-16/h5-11,13H,4,12,14H2,1-3H3,(H,23,26)(H,24,25). The number of carbonyl (C=O) groups is 1. The summed E-state index contributed by atoms with van der Waals surface area (Å²) in [6, 6.07) is 15.5. The fourth-order valence-electron chi connectivity index (χ4n) is 2.96. The molecule has 6 nitrogen and oxygen atoms in total. The second-order valence-electron chi connectivity index (χ2n) is 6.50. The molecule has 2 N–H and O–H groups in total. The number of anilines is 1. The lowest BCUT2D eigenvalue weighted by Gasteiger charge is -2.12. The zero-order valence-corrected chi connectivity index (χ0v) is 16.4. The van der Waals surface area contributed by atoms with Crippen molar-refractivity contribution >= 4 is 11.6 Å². The molecule has 0 atom stereocenters. The molecule has 0 aliphatic carbocycles. The Morgan fingerprint density at radius 1 is 1.18 bits per heavy atom. The van der Waals surface area contributed by atoms with Crippen LogP contribution in [-0.2, 0) is 24.2 Å². The largest absolute Gasteiger partial charge is 0.496 e. The highest BCUT2D eigenvalue weighted by Gasteiger charge is 2.15. The first-order valence-corrected chi connectivity index (χ1v) is 9.28. The van der Waals surface area contributed by atoms with E-state index in [1.165, 1.54) is 0 Å². The smallest absolute Gasteiger partial charge is 0.229 e. The number of carbonyl (C=O) groups excluding carboxylic acids is 1. The summed E-state index contributed by atoms with van der Waals surface area (Å²) in [6.45, 7) is 4.37. The molecule has 6 heteroatoms. The number of benzene rings is 2. The summed E-state index contributed by atoms with van der Waals surface area (Å²) in [5, 5.41) is 10.1. The molecule has 0 radical (unpaired) electrons. The molecule has 28 heavy (non-hydrogen) atoms. The van der Waals surface area contributed by atoms with Crippen LogP contribution in [-0.4, -0.2) is 23.2 Å². The molecule has 3 rings (SSSR count). The van der Waals surface area contributed by atoms with Gasteiger partial charge in [0.25, 0.3) is 0 Å². The van der Waals surface area contributed by atoms with Crippen molar-refractivity contribution in [1.29, 1.82) is 0 Å². The second-order valence-corrected chi connectivity index (χ2v) is 6.50. The van der Waals surface area contributed by atoms with E-state index in [1.54, 1.807) is 7.11 Å². The van der Waals surface area contributed by atoms with Crippen molar-refractivity contribution in [2.45, 2.75) is 33.3 Å². The van der Waals surface area contributed by atoms with Gasteiger partial charge in [-0.2, -0.15) is 5.10 Å². The fourth-order valence-corrected chi connectivity index (χ4v) is 2.96. The lowest BCUT2D eigenvalue weighted by Crippen LogP contribution is -2.16. The average molecular weight is 379 g/mol. The van der Waals surface area contributed by atoms with Crippen LogP contribution in [0.2, 0.25) is 0 Å². The van der Waals surface area contributed by atoms with Gasteiger partial charge in [0, 0.05) is 11.6 Å². The number of nitrogens with one attached hydrogen (secondary N) is 2. The van der Waals surface area contributed by atoms with E-state index in [0.717, 1.165) is 34.6 Å². The van der Waals surface area contributed by atoms with Gasteiger partial charge in [-0.3, -0.25) is 9.89 Å². The number of hydrogen-bond donors (Lipinski definition) is 2. The van der Waals surface area contributed by atoms with Crippen LogP contribution in [0, 0.1) is 6.92 Å². The topological polar surface area (TPSA) is 76.2 Å². The van der Waals surface area contributed by atoms with E-state index >= 15 is 0 Å². The van der Waals surface area contributed by atoms with Gasteiger partial charge in [-0.15, -0.1) is 0 Å². The summed E-state index contributed by atoms with van der Waals surface area (Å²) in [5.41, 5.74) is 4.34. The van der Waals surface area contributed by atoms with Gasteiger partial charge in [-0.25, -0.2) is 0 Å². The SMILES string of the molecule is CCc1n[nH]c(C)c1NC(=O)Cc1ccc(OCc2ccccc2)cc1OC. The monoisotopic (exact) mass is 379 g/mol. The number of methoxy groups -OCH3 is 1. The Labute approximate surface area is 164 Å². The van der Waals surface area contributed by atoms with Gasteiger partial charge in [-0.1, -0.05) is 43.3 Å². The molecular weight excluding hydrogens is 354 g/mol. The van der Waals surface area contributed by atoms with Crippen LogP contribution in [0.3, 0.4) is 0 Å². The van der Waals surface area contributed by atoms with Crippen molar-refractivity contribution in [3.8, 4) is 11.5 Å². The molecule has 0 spiro atoms. The third kappa shape index (κ3) is 4.71. The zero-order valence-electron chi connectivity index (χ0n) is 16.4. The van der Waals surface area contributed by atoms with E-state index in [4.69, 9.17) is 9.47 Å². The van der Waals surface area contributed by atoms with Crippen molar-refractivity contribution in [1.82, 2.24) is 10.2 Å². The minimum atomic E-state index is -0.115. The van der Waals surface area contributed by atoms with E-state index < -0.39 is 0 Å². The minimum absolute atomic E-state index is 0.115. The molecule has 2 aromatic carbocycles. The predicted octanol–water partition coefficient (Wildman–Crippen LogP) is 4.05. The highest BCUT2D eigenvalue weighted by atomic mass is 16.5. The van der Waals surface area contributed by atoms with Gasteiger partial charge in [0.2, 0.25) is 5.91 Å². The van der Waals surface area contributed by atoms with Crippen LogP contribution in [0.25, 0.3) is 0 Å². The number of H-pyrrole nitrogens is 1. The van der Waals surface area contributed by atoms with Crippen molar-refractivity contribution < 1.29 is 14.3 Å². The molecule has 0 fully saturated rings. The maximum absolute atomic E-state index is 12.5. The Morgan fingerprint density at radius 2 is 1.96 bits per heavy atom.